The standard InChI is InChI=1S/C21H24F2N6O2/c1-2-25-21(27-12-15-7-8-26-19(11-15)29-10-9-24-14-29)28-13-18(30)16-3-5-17(6-4-16)31-20(22)23/h3-11,14,18,20,30H,2,12-13H2,1H3,(H2,25,27,28). The maximum absolute atomic E-state index is 12.2. The first-order valence-corrected chi connectivity index (χ1v) is 9.73. The van der Waals surface area contributed by atoms with Crippen LogP contribution in [0, 0.1) is 0 Å². The number of aliphatic hydroxyl groups excluding tert-OH is 1. The summed E-state index contributed by atoms with van der Waals surface area (Å²) in [7, 11) is 0. The van der Waals surface area contributed by atoms with Gasteiger partial charge in [-0.2, -0.15) is 8.78 Å². The summed E-state index contributed by atoms with van der Waals surface area (Å²) in [6.45, 7) is 0.317. The summed E-state index contributed by atoms with van der Waals surface area (Å²) in [6.07, 6.45) is 6.04. The van der Waals surface area contributed by atoms with Crippen molar-refractivity contribution in [3.8, 4) is 11.6 Å². The highest BCUT2D eigenvalue weighted by Crippen LogP contribution is 2.19. The number of nitrogens with zero attached hydrogens (tertiary/aromatic N) is 4. The first-order valence-electron chi connectivity index (χ1n) is 9.73. The molecule has 1 aromatic carbocycles. The fourth-order valence-corrected chi connectivity index (χ4v) is 2.79. The highest BCUT2D eigenvalue weighted by molar-refractivity contribution is 5.79. The minimum absolute atomic E-state index is 0.0428. The van der Waals surface area contributed by atoms with Crippen LogP contribution in [0.5, 0.6) is 5.75 Å². The molecule has 0 aliphatic rings. The zero-order chi connectivity index (χ0) is 22.1. The van der Waals surface area contributed by atoms with Crippen LogP contribution < -0.4 is 15.4 Å². The molecule has 31 heavy (non-hydrogen) atoms. The lowest BCUT2D eigenvalue weighted by molar-refractivity contribution is -0.0498. The minimum atomic E-state index is -2.88. The number of halogens is 2. The molecule has 3 N–H and O–H groups in total. The van der Waals surface area contributed by atoms with Crippen LogP contribution in [-0.4, -0.2) is 45.3 Å². The molecule has 0 aliphatic carbocycles. The van der Waals surface area contributed by atoms with Crippen LogP contribution >= 0.6 is 0 Å². The first kappa shape index (κ1) is 22.2. The van der Waals surface area contributed by atoms with E-state index in [0.717, 1.165) is 11.4 Å². The van der Waals surface area contributed by atoms with Gasteiger partial charge in [0.25, 0.3) is 0 Å². The summed E-state index contributed by atoms with van der Waals surface area (Å²) < 4.78 is 30.6. The topological polar surface area (TPSA) is 96.6 Å². The molecule has 3 rings (SSSR count). The Morgan fingerprint density at radius 2 is 2.00 bits per heavy atom. The van der Waals surface area contributed by atoms with Gasteiger partial charge in [-0.3, -0.25) is 4.57 Å². The third-order valence-electron chi connectivity index (χ3n) is 4.30. The average molecular weight is 430 g/mol. The third-order valence-corrected chi connectivity index (χ3v) is 4.30. The fraction of sp³-hybridized carbons (Fsp3) is 0.286. The van der Waals surface area contributed by atoms with Gasteiger partial charge in [-0.1, -0.05) is 12.1 Å². The highest BCUT2D eigenvalue weighted by Gasteiger charge is 2.10. The maximum atomic E-state index is 12.2. The molecule has 3 aromatic rings. The number of rotatable bonds is 9. The van der Waals surface area contributed by atoms with Gasteiger partial charge in [-0.05, 0) is 42.3 Å². The van der Waals surface area contributed by atoms with E-state index in [-0.39, 0.29) is 12.3 Å². The van der Waals surface area contributed by atoms with Crippen molar-refractivity contribution < 1.29 is 18.6 Å². The predicted molar refractivity (Wildman–Crippen MR) is 112 cm³/mol. The summed E-state index contributed by atoms with van der Waals surface area (Å²) >= 11 is 0. The van der Waals surface area contributed by atoms with E-state index in [0.29, 0.717) is 24.6 Å². The van der Waals surface area contributed by atoms with E-state index in [9.17, 15) is 13.9 Å². The van der Waals surface area contributed by atoms with Gasteiger partial charge in [0, 0.05) is 31.7 Å². The third kappa shape index (κ3) is 6.75. The molecule has 0 saturated carbocycles. The van der Waals surface area contributed by atoms with Gasteiger partial charge in [-0.15, -0.1) is 0 Å². The number of guanidine groups is 1. The molecule has 0 amide bonds. The minimum Gasteiger partial charge on any atom is -0.435 e. The van der Waals surface area contributed by atoms with Gasteiger partial charge in [0.1, 0.15) is 17.9 Å². The van der Waals surface area contributed by atoms with Crippen molar-refractivity contribution in [2.24, 2.45) is 4.99 Å². The summed E-state index contributed by atoms with van der Waals surface area (Å²) in [6, 6.07) is 9.68. The fourth-order valence-electron chi connectivity index (χ4n) is 2.79. The van der Waals surface area contributed by atoms with Gasteiger partial charge in [0.2, 0.25) is 0 Å². The van der Waals surface area contributed by atoms with Crippen molar-refractivity contribution in [3.05, 3.63) is 72.4 Å². The predicted octanol–water partition coefficient (Wildman–Crippen LogP) is 2.66. The van der Waals surface area contributed by atoms with E-state index >= 15 is 0 Å². The molecule has 0 saturated heterocycles. The van der Waals surface area contributed by atoms with Crippen molar-refractivity contribution in [1.82, 2.24) is 25.2 Å². The summed E-state index contributed by atoms with van der Waals surface area (Å²) in [5.41, 5.74) is 1.54. The molecule has 0 spiro atoms. The van der Waals surface area contributed by atoms with Gasteiger partial charge in [0.15, 0.2) is 5.96 Å². The average Bonchev–Trinajstić information content (AvgIpc) is 3.31. The van der Waals surface area contributed by atoms with Gasteiger partial charge in [0.05, 0.1) is 12.6 Å². The normalized spacial score (nSPS) is 12.6. The Kier molecular flexibility index (Phi) is 7.88. The largest absolute Gasteiger partial charge is 0.435 e. The molecule has 164 valence electrons. The number of ether oxygens (including phenoxy) is 1. The van der Waals surface area contributed by atoms with Crippen LogP contribution in [-0.2, 0) is 6.54 Å². The number of hydrogen-bond acceptors (Lipinski definition) is 5. The van der Waals surface area contributed by atoms with Crippen LogP contribution in [0.15, 0.2) is 66.3 Å². The van der Waals surface area contributed by atoms with Crippen LogP contribution in [0.1, 0.15) is 24.2 Å². The number of aliphatic imine (C=N–C) groups is 1. The Bertz CT molecular complexity index is 964. The molecule has 2 heterocycles. The lowest BCUT2D eigenvalue weighted by Gasteiger charge is -2.16. The smallest absolute Gasteiger partial charge is 0.387 e. The van der Waals surface area contributed by atoms with Gasteiger partial charge in [-0.25, -0.2) is 15.0 Å². The summed E-state index contributed by atoms with van der Waals surface area (Å²) in [5, 5.41) is 16.6. The lowest BCUT2D eigenvalue weighted by Crippen LogP contribution is -2.39. The second kappa shape index (κ2) is 11.0. The second-order valence-electron chi connectivity index (χ2n) is 6.53. The number of hydrogen-bond donors (Lipinski definition) is 3. The van der Waals surface area contributed by atoms with E-state index in [1.165, 1.54) is 12.1 Å². The second-order valence-corrected chi connectivity index (χ2v) is 6.53. The van der Waals surface area contributed by atoms with Crippen molar-refractivity contribution in [2.75, 3.05) is 13.1 Å². The first-order chi connectivity index (χ1) is 15.0. The molecular formula is C21H24F2N6O2. The number of nitrogens with one attached hydrogen (secondary N) is 2. The van der Waals surface area contributed by atoms with E-state index < -0.39 is 12.7 Å². The zero-order valence-corrected chi connectivity index (χ0v) is 16.9. The number of pyridine rings is 1. The Balaban J connectivity index is 1.59. The van der Waals surface area contributed by atoms with E-state index in [1.54, 1.807) is 30.9 Å². The number of benzene rings is 1. The molecule has 10 heteroatoms. The van der Waals surface area contributed by atoms with Crippen molar-refractivity contribution in [2.45, 2.75) is 26.2 Å². The Morgan fingerprint density at radius 3 is 2.68 bits per heavy atom. The zero-order valence-electron chi connectivity index (χ0n) is 16.9. The van der Waals surface area contributed by atoms with E-state index in [4.69, 9.17) is 0 Å². The van der Waals surface area contributed by atoms with Crippen molar-refractivity contribution in [3.63, 3.8) is 0 Å². The van der Waals surface area contributed by atoms with E-state index in [2.05, 4.69) is 30.3 Å². The quantitative estimate of drug-likeness (QED) is 0.357. The number of aliphatic hydroxyl groups is 1. The van der Waals surface area contributed by atoms with Crippen LogP contribution in [0.3, 0.4) is 0 Å². The van der Waals surface area contributed by atoms with Crippen molar-refractivity contribution >= 4 is 5.96 Å². The maximum Gasteiger partial charge on any atom is 0.387 e. The SMILES string of the molecule is CCNC(=NCc1ccnc(-n2ccnc2)c1)NCC(O)c1ccc(OC(F)F)cc1. The molecule has 8 nitrogen and oxygen atoms in total. The Hall–Kier alpha value is -3.53. The monoisotopic (exact) mass is 430 g/mol. The molecule has 1 atom stereocenters. The molecular weight excluding hydrogens is 406 g/mol. The molecule has 1 unspecified atom stereocenters. The van der Waals surface area contributed by atoms with Crippen molar-refractivity contribution in [1.29, 1.82) is 0 Å². The highest BCUT2D eigenvalue weighted by atomic mass is 19.3. The molecule has 0 aliphatic heterocycles. The van der Waals surface area contributed by atoms with Gasteiger partial charge < -0.3 is 20.5 Å². The Labute approximate surface area is 178 Å². The summed E-state index contributed by atoms with van der Waals surface area (Å²) in [5.74, 6) is 1.33. The van der Waals surface area contributed by atoms with E-state index in [1.807, 2.05) is 29.8 Å². The number of imidazole rings is 1. The lowest BCUT2D eigenvalue weighted by atomic mass is 10.1. The number of aromatic nitrogens is 3. The molecule has 0 radical (unpaired) electrons. The molecule has 0 bridgehead atoms. The molecule has 2 aromatic heterocycles. The number of alkyl halides is 2. The summed E-state index contributed by atoms with van der Waals surface area (Å²) in [4.78, 5) is 12.9. The molecule has 0 fully saturated rings. The van der Waals surface area contributed by atoms with Crippen LogP contribution in [0.25, 0.3) is 5.82 Å². The Morgan fingerprint density at radius 1 is 1.19 bits per heavy atom. The van der Waals surface area contributed by atoms with Gasteiger partial charge >= 0.3 is 6.61 Å². The van der Waals surface area contributed by atoms with Crippen LogP contribution in [0.4, 0.5) is 8.78 Å². The van der Waals surface area contributed by atoms with Crippen LogP contribution in [0.2, 0.25) is 0 Å².